The van der Waals surface area contributed by atoms with Gasteiger partial charge in [-0.05, 0) is 27.2 Å². The monoisotopic (exact) mass is 231 g/mol. The molecule has 0 aromatic rings. The van der Waals surface area contributed by atoms with Crippen molar-refractivity contribution in [2.75, 3.05) is 13.1 Å². The van der Waals surface area contributed by atoms with Crippen LogP contribution < -0.4 is 0 Å². The fourth-order valence-electron chi connectivity index (χ4n) is 1.48. The lowest BCUT2D eigenvalue weighted by molar-refractivity contribution is -0.120. The highest BCUT2D eigenvalue weighted by Crippen LogP contribution is 2.15. The van der Waals surface area contributed by atoms with E-state index in [1.807, 2.05) is 0 Å². The van der Waals surface area contributed by atoms with Gasteiger partial charge in [0.15, 0.2) is 5.78 Å². The smallest absolute Gasteiger partial charge is 0.410 e. The Hall–Kier alpha value is -1.13. The van der Waals surface area contributed by atoms with Crippen LogP contribution in [0.5, 0.6) is 0 Å². The molecule has 1 fully saturated rings. The summed E-state index contributed by atoms with van der Waals surface area (Å²) in [6.45, 7) is 5.45. The number of halogens is 1. The Balaban J connectivity index is 2.59. The van der Waals surface area contributed by atoms with Gasteiger partial charge in [0.1, 0.15) is 11.8 Å². The van der Waals surface area contributed by atoms with Crippen molar-refractivity contribution in [2.45, 2.75) is 45.4 Å². The van der Waals surface area contributed by atoms with Crippen LogP contribution in [0.15, 0.2) is 0 Å². The van der Waals surface area contributed by atoms with E-state index in [1.54, 1.807) is 20.8 Å². The van der Waals surface area contributed by atoms with Crippen LogP contribution in [0.25, 0.3) is 0 Å². The summed E-state index contributed by atoms with van der Waals surface area (Å²) in [5.74, 6) is -0.254. The normalized spacial score (nSPS) is 22.9. The molecule has 1 saturated heterocycles. The van der Waals surface area contributed by atoms with E-state index in [2.05, 4.69) is 0 Å². The van der Waals surface area contributed by atoms with E-state index in [4.69, 9.17) is 4.74 Å². The van der Waals surface area contributed by atoms with Crippen molar-refractivity contribution in [3.05, 3.63) is 0 Å². The van der Waals surface area contributed by atoms with Gasteiger partial charge in [-0.2, -0.15) is 0 Å². The second-order valence-electron chi connectivity index (χ2n) is 5.03. The van der Waals surface area contributed by atoms with Gasteiger partial charge in [0, 0.05) is 13.0 Å². The molecule has 1 heterocycles. The van der Waals surface area contributed by atoms with E-state index in [0.717, 1.165) is 0 Å². The lowest BCUT2D eigenvalue weighted by Crippen LogP contribution is -2.39. The van der Waals surface area contributed by atoms with Crippen LogP contribution in [-0.2, 0) is 9.53 Å². The number of ketones is 1. The Labute approximate surface area is 94.7 Å². The average molecular weight is 231 g/mol. The number of Topliss-reactive ketones (excluding diaryl/α,β-unsaturated/α-hetero) is 1. The van der Waals surface area contributed by atoms with Crippen molar-refractivity contribution < 1.29 is 18.7 Å². The molecule has 16 heavy (non-hydrogen) atoms. The molecule has 92 valence electrons. The topological polar surface area (TPSA) is 46.6 Å². The van der Waals surface area contributed by atoms with E-state index < -0.39 is 17.9 Å². The largest absolute Gasteiger partial charge is 0.444 e. The molecule has 0 aromatic carbocycles. The second-order valence-corrected chi connectivity index (χ2v) is 5.03. The van der Waals surface area contributed by atoms with Crippen LogP contribution >= 0.6 is 0 Å². The van der Waals surface area contributed by atoms with Gasteiger partial charge in [0.25, 0.3) is 0 Å². The van der Waals surface area contributed by atoms with Crippen LogP contribution in [0.3, 0.4) is 0 Å². The van der Waals surface area contributed by atoms with E-state index in [-0.39, 0.29) is 31.7 Å². The van der Waals surface area contributed by atoms with Crippen molar-refractivity contribution >= 4 is 11.9 Å². The summed E-state index contributed by atoms with van der Waals surface area (Å²) in [4.78, 5) is 24.2. The predicted molar refractivity (Wildman–Crippen MR) is 56.9 cm³/mol. The number of amides is 1. The molecule has 1 rings (SSSR count). The maximum Gasteiger partial charge on any atom is 0.410 e. The summed E-state index contributed by atoms with van der Waals surface area (Å²) < 4.78 is 18.2. The van der Waals surface area contributed by atoms with E-state index >= 15 is 0 Å². The minimum atomic E-state index is -1.14. The zero-order valence-corrected chi connectivity index (χ0v) is 9.96. The van der Waals surface area contributed by atoms with E-state index in [1.165, 1.54) is 4.90 Å². The molecule has 1 aliphatic heterocycles. The molecular weight excluding hydrogens is 213 g/mol. The maximum atomic E-state index is 13.1. The number of alkyl halides is 1. The number of ether oxygens (including phenoxy) is 1. The molecule has 1 aliphatic rings. The first-order chi connectivity index (χ1) is 7.28. The van der Waals surface area contributed by atoms with Gasteiger partial charge in [-0.25, -0.2) is 9.18 Å². The summed E-state index contributed by atoms with van der Waals surface area (Å²) >= 11 is 0. The third-order valence-electron chi connectivity index (χ3n) is 2.18. The molecule has 4 nitrogen and oxygen atoms in total. The number of likely N-dealkylation sites (tertiary alicyclic amines) is 1. The highest BCUT2D eigenvalue weighted by atomic mass is 19.1. The third-order valence-corrected chi connectivity index (χ3v) is 2.18. The zero-order chi connectivity index (χ0) is 12.3. The number of hydrogen-bond donors (Lipinski definition) is 0. The minimum Gasteiger partial charge on any atom is -0.444 e. The summed E-state index contributed by atoms with van der Waals surface area (Å²) in [5.41, 5.74) is -0.596. The van der Waals surface area contributed by atoms with Crippen LogP contribution in [0.4, 0.5) is 9.18 Å². The van der Waals surface area contributed by atoms with Crippen LogP contribution in [0.1, 0.15) is 33.6 Å². The quantitative estimate of drug-likeness (QED) is 0.640. The molecule has 0 radical (unpaired) electrons. The fourth-order valence-corrected chi connectivity index (χ4v) is 1.48. The van der Waals surface area contributed by atoms with Crippen LogP contribution in [0, 0.1) is 0 Å². The average Bonchev–Trinajstić information content (AvgIpc) is 2.23. The van der Waals surface area contributed by atoms with Gasteiger partial charge < -0.3 is 9.64 Å². The molecule has 0 aromatic heterocycles. The van der Waals surface area contributed by atoms with Crippen molar-refractivity contribution in [1.82, 2.24) is 4.90 Å². The number of nitrogens with zero attached hydrogens (tertiary/aromatic N) is 1. The van der Waals surface area contributed by atoms with Gasteiger partial charge in [-0.15, -0.1) is 0 Å². The van der Waals surface area contributed by atoms with Crippen LogP contribution in [-0.4, -0.2) is 41.6 Å². The Morgan fingerprint density at radius 1 is 1.50 bits per heavy atom. The van der Waals surface area contributed by atoms with Gasteiger partial charge in [-0.3, -0.25) is 4.79 Å². The van der Waals surface area contributed by atoms with E-state index in [9.17, 15) is 14.0 Å². The first-order valence-corrected chi connectivity index (χ1v) is 5.41. The number of carbonyl (C=O) groups excluding carboxylic acids is 2. The summed E-state index contributed by atoms with van der Waals surface area (Å²) in [6, 6.07) is 0. The standard InChI is InChI=1S/C11H18FNO3/c1-11(2,3)16-10(15)13-5-4-8(12)6-9(14)7-13/h8H,4-7H2,1-3H3/t8-/m0/s1. The SMILES string of the molecule is CC(C)(C)OC(=O)N1CC[C@H](F)CC(=O)C1. The number of hydrogen-bond acceptors (Lipinski definition) is 3. The van der Waals surface area contributed by atoms with Gasteiger partial charge in [0.05, 0.1) is 6.54 Å². The molecule has 0 unspecified atom stereocenters. The number of carbonyl (C=O) groups is 2. The van der Waals surface area contributed by atoms with Crippen molar-refractivity contribution in [1.29, 1.82) is 0 Å². The molecule has 0 bridgehead atoms. The highest BCUT2D eigenvalue weighted by Gasteiger charge is 2.28. The Kier molecular flexibility index (Phi) is 3.88. The molecule has 0 aliphatic carbocycles. The molecule has 5 heteroatoms. The van der Waals surface area contributed by atoms with E-state index in [0.29, 0.717) is 0 Å². The molecule has 0 N–H and O–H groups in total. The minimum absolute atomic E-state index is 0.0463. The van der Waals surface area contributed by atoms with Crippen molar-refractivity contribution in [2.24, 2.45) is 0 Å². The molecule has 0 spiro atoms. The lowest BCUT2D eigenvalue weighted by Gasteiger charge is -2.25. The highest BCUT2D eigenvalue weighted by molar-refractivity contribution is 5.84. The molecule has 1 amide bonds. The molecule has 1 atom stereocenters. The van der Waals surface area contributed by atoms with Crippen molar-refractivity contribution in [3.63, 3.8) is 0 Å². The summed E-state index contributed by atoms with van der Waals surface area (Å²) in [5, 5.41) is 0. The van der Waals surface area contributed by atoms with Gasteiger partial charge >= 0.3 is 6.09 Å². The predicted octanol–water partition coefficient (Wildman–Crippen LogP) is 1.92. The third kappa shape index (κ3) is 4.16. The first kappa shape index (κ1) is 12.9. The van der Waals surface area contributed by atoms with Crippen molar-refractivity contribution in [3.8, 4) is 0 Å². The lowest BCUT2D eigenvalue weighted by atomic mass is 10.2. The number of rotatable bonds is 0. The fraction of sp³-hybridized carbons (Fsp3) is 0.818. The molecule has 0 saturated carbocycles. The summed E-state index contributed by atoms with van der Waals surface area (Å²) in [6.07, 6.45) is -1.58. The second kappa shape index (κ2) is 4.80. The Morgan fingerprint density at radius 2 is 2.12 bits per heavy atom. The van der Waals surface area contributed by atoms with Gasteiger partial charge in [-0.1, -0.05) is 0 Å². The Bertz CT molecular complexity index is 285. The first-order valence-electron chi connectivity index (χ1n) is 5.41. The molecular formula is C11H18FNO3. The maximum absolute atomic E-state index is 13.1. The zero-order valence-electron chi connectivity index (χ0n) is 9.96. The Morgan fingerprint density at radius 3 is 2.69 bits per heavy atom. The van der Waals surface area contributed by atoms with Gasteiger partial charge in [0.2, 0.25) is 0 Å². The summed E-state index contributed by atoms with van der Waals surface area (Å²) in [7, 11) is 0. The van der Waals surface area contributed by atoms with Crippen LogP contribution in [0.2, 0.25) is 0 Å².